The molecule has 0 aliphatic carbocycles. The molecule has 3 heteroatoms. The molecule has 1 aromatic carbocycles. The first kappa shape index (κ1) is 12.6. The number of carbonyl (C=O) groups is 1. The van der Waals surface area contributed by atoms with Crippen molar-refractivity contribution in [2.45, 2.75) is 33.6 Å². The summed E-state index contributed by atoms with van der Waals surface area (Å²) in [5.74, 6) is 0.390. The van der Waals surface area contributed by atoms with Crippen LogP contribution in [0.4, 0.5) is 5.69 Å². The normalized spacial score (nSPS) is 21.0. The van der Waals surface area contributed by atoms with Gasteiger partial charge in [0.25, 0.3) is 0 Å². The smallest absolute Gasteiger partial charge is 0.232 e. The van der Waals surface area contributed by atoms with Gasteiger partial charge in [-0.1, -0.05) is 43.6 Å². The van der Waals surface area contributed by atoms with E-state index in [2.05, 4.69) is 55.0 Å². The lowest BCUT2D eigenvalue weighted by atomic mass is 9.72. The van der Waals surface area contributed by atoms with Gasteiger partial charge in [-0.3, -0.25) is 4.79 Å². The van der Waals surface area contributed by atoms with Crippen molar-refractivity contribution in [1.29, 1.82) is 0 Å². The molecule has 1 aliphatic rings. The molecule has 0 aromatic heterocycles. The number of hydrogen-bond donors (Lipinski definition) is 1. The molecule has 0 fully saturated rings. The molecule has 17 heavy (non-hydrogen) atoms. The predicted molar refractivity (Wildman–Crippen MR) is 74.1 cm³/mol. The molecule has 0 spiro atoms. The maximum Gasteiger partial charge on any atom is 0.232 e. The van der Waals surface area contributed by atoms with Crippen molar-refractivity contribution < 1.29 is 4.79 Å². The minimum Gasteiger partial charge on any atom is -0.325 e. The highest BCUT2D eigenvalue weighted by molar-refractivity contribution is 9.10. The van der Waals surface area contributed by atoms with Crippen molar-refractivity contribution >= 4 is 27.5 Å². The predicted octanol–water partition coefficient (Wildman–Crippen LogP) is 4.17. The second-order valence-electron chi connectivity index (χ2n) is 5.85. The van der Waals surface area contributed by atoms with E-state index in [4.69, 9.17) is 0 Å². The molecule has 2 nitrogen and oxygen atoms in total. The van der Waals surface area contributed by atoms with Gasteiger partial charge in [-0.05, 0) is 35.1 Å². The first-order chi connectivity index (χ1) is 7.80. The van der Waals surface area contributed by atoms with Crippen LogP contribution in [0.2, 0.25) is 0 Å². The summed E-state index contributed by atoms with van der Waals surface area (Å²) in [6.07, 6.45) is 0. The molecule has 1 heterocycles. The van der Waals surface area contributed by atoms with Crippen molar-refractivity contribution in [2.75, 3.05) is 5.32 Å². The van der Waals surface area contributed by atoms with Gasteiger partial charge in [-0.25, -0.2) is 0 Å². The third kappa shape index (κ3) is 2.25. The minimum absolute atomic E-state index is 0.0394. The fourth-order valence-electron chi connectivity index (χ4n) is 2.25. The zero-order valence-corrected chi connectivity index (χ0v) is 12.3. The molecule has 2 unspecified atom stereocenters. The second-order valence-corrected chi connectivity index (χ2v) is 6.77. The summed E-state index contributed by atoms with van der Waals surface area (Å²) in [5, 5.41) is 2.97. The molecular formula is C14H18BrNO. The van der Waals surface area contributed by atoms with E-state index in [1.165, 1.54) is 0 Å². The molecule has 0 bridgehead atoms. The van der Waals surface area contributed by atoms with Crippen LogP contribution in [0.1, 0.15) is 39.2 Å². The van der Waals surface area contributed by atoms with Crippen molar-refractivity contribution in [3.8, 4) is 0 Å². The maximum atomic E-state index is 12.1. The Morgan fingerprint density at radius 1 is 1.35 bits per heavy atom. The van der Waals surface area contributed by atoms with E-state index in [0.29, 0.717) is 5.92 Å². The molecule has 0 saturated carbocycles. The van der Waals surface area contributed by atoms with Crippen LogP contribution < -0.4 is 5.32 Å². The van der Waals surface area contributed by atoms with Crippen LogP contribution >= 0.6 is 15.9 Å². The summed E-state index contributed by atoms with van der Waals surface area (Å²) in [4.78, 5) is 12.1. The average molecular weight is 296 g/mol. The Morgan fingerprint density at radius 3 is 2.59 bits per heavy atom. The van der Waals surface area contributed by atoms with Crippen LogP contribution in [0, 0.1) is 11.3 Å². The summed E-state index contributed by atoms with van der Waals surface area (Å²) in [7, 11) is 0. The van der Waals surface area contributed by atoms with Crippen LogP contribution in [0.15, 0.2) is 22.7 Å². The highest BCUT2D eigenvalue weighted by Gasteiger charge is 2.39. The number of benzene rings is 1. The second kappa shape index (κ2) is 4.13. The van der Waals surface area contributed by atoms with E-state index >= 15 is 0 Å². The molecule has 0 saturated heterocycles. The van der Waals surface area contributed by atoms with Gasteiger partial charge in [0.1, 0.15) is 0 Å². The fourth-order valence-corrected chi connectivity index (χ4v) is 2.63. The Hall–Kier alpha value is -0.830. The summed E-state index contributed by atoms with van der Waals surface area (Å²) in [6.45, 7) is 8.70. The number of carbonyl (C=O) groups excluding carboxylic acids is 1. The number of hydrogen-bond acceptors (Lipinski definition) is 1. The first-order valence-corrected chi connectivity index (χ1v) is 6.70. The Labute approximate surface area is 111 Å². The number of amides is 1. The van der Waals surface area contributed by atoms with Gasteiger partial charge in [0.05, 0.1) is 5.92 Å². The van der Waals surface area contributed by atoms with E-state index in [1.807, 2.05) is 12.1 Å². The standard InChI is InChI=1S/C14H18BrNO/c1-8(14(2,3)4)12-10-7-9(15)5-6-11(10)16-13(12)17/h5-8,12H,1-4H3,(H,16,17). The quantitative estimate of drug-likeness (QED) is 0.828. The molecule has 0 radical (unpaired) electrons. The summed E-state index contributed by atoms with van der Waals surface area (Å²) < 4.78 is 1.03. The van der Waals surface area contributed by atoms with E-state index < -0.39 is 0 Å². The Kier molecular flexibility index (Phi) is 3.06. The van der Waals surface area contributed by atoms with Crippen LogP contribution in [0.25, 0.3) is 0 Å². The van der Waals surface area contributed by atoms with E-state index in [0.717, 1.165) is 15.7 Å². The van der Waals surface area contributed by atoms with Crippen molar-refractivity contribution in [3.05, 3.63) is 28.2 Å². The van der Waals surface area contributed by atoms with Crippen LogP contribution in [-0.2, 0) is 4.79 Å². The minimum atomic E-state index is -0.0394. The number of anilines is 1. The Morgan fingerprint density at radius 2 is 2.00 bits per heavy atom. The lowest BCUT2D eigenvalue weighted by molar-refractivity contribution is -0.118. The summed E-state index contributed by atoms with van der Waals surface area (Å²) in [6, 6.07) is 5.98. The lowest BCUT2D eigenvalue weighted by Gasteiger charge is -2.31. The van der Waals surface area contributed by atoms with Crippen LogP contribution in [-0.4, -0.2) is 5.91 Å². The molecule has 1 N–H and O–H groups in total. The van der Waals surface area contributed by atoms with E-state index in [1.54, 1.807) is 0 Å². The van der Waals surface area contributed by atoms with Crippen LogP contribution in [0.5, 0.6) is 0 Å². The molecule has 2 rings (SSSR count). The highest BCUT2D eigenvalue weighted by Crippen LogP contribution is 2.44. The van der Waals surface area contributed by atoms with Gasteiger partial charge in [-0.15, -0.1) is 0 Å². The van der Waals surface area contributed by atoms with Crippen molar-refractivity contribution in [1.82, 2.24) is 0 Å². The number of nitrogens with one attached hydrogen (secondary N) is 1. The van der Waals surface area contributed by atoms with E-state index in [9.17, 15) is 4.79 Å². The molecule has 2 atom stereocenters. The number of rotatable bonds is 1. The molecular weight excluding hydrogens is 278 g/mol. The number of halogens is 1. The Bertz CT molecular complexity index is 462. The topological polar surface area (TPSA) is 29.1 Å². The zero-order valence-electron chi connectivity index (χ0n) is 10.7. The van der Waals surface area contributed by atoms with Crippen LogP contribution in [0.3, 0.4) is 0 Å². The summed E-state index contributed by atoms with van der Waals surface area (Å²) >= 11 is 3.47. The number of fused-ring (bicyclic) bond motifs is 1. The van der Waals surface area contributed by atoms with Gasteiger partial charge in [-0.2, -0.15) is 0 Å². The lowest BCUT2D eigenvalue weighted by Crippen LogP contribution is -2.28. The molecule has 92 valence electrons. The van der Waals surface area contributed by atoms with Gasteiger partial charge < -0.3 is 5.32 Å². The summed E-state index contributed by atoms with van der Waals surface area (Å²) in [5.41, 5.74) is 2.19. The monoisotopic (exact) mass is 295 g/mol. The largest absolute Gasteiger partial charge is 0.325 e. The first-order valence-electron chi connectivity index (χ1n) is 5.91. The van der Waals surface area contributed by atoms with Gasteiger partial charge in [0.15, 0.2) is 0 Å². The van der Waals surface area contributed by atoms with Crippen molar-refractivity contribution in [2.24, 2.45) is 11.3 Å². The Balaban J connectivity index is 2.44. The van der Waals surface area contributed by atoms with E-state index in [-0.39, 0.29) is 17.2 Å². The third-order valence-electron chi connectivity index (χ3n) is 3.76. The molecule has 1 amide bonds. The highest BCUT2D eigenvalue weighted by atomic mass is 79.9. The van der Waals surface area contributed by atoms with Gasteiger partial charge >= 0.3 is 0 Å². The van der Waals surface area contributed by atoms with Crippen molar-refractivity contribution in [3.63, 3.8) is 0 Å². The van der Waals surface area contributed by atoms with Gasteiger partial charge in [0.2, 0.25) is 5.91 Å². The average Bonchev–Trinajstić information content (AvgIpc) is 2.51. The third-order valence-corrected chi connectivity index (χ3v) is 4.25. The SMILES string of the molecule is CC(C1C(=O)Nc2ccc(Br)cc21)C(C)(C)C. The molecule has 1 aromatic rings. The molecule has 1 aliphatic heterocycles. The van der Waals surface area contributed by atoms with Gasteiger partial charge in [0, 0.05) is 10.2 Å². The fraction of sp³-hybridized carbons (Fsp3) is 0.500. The maximum absolute atomic E-state index is 12.1. The zero-order chi connectivity index (χ0) is 12.8.